The molecule has 2 atom stereocenters. The number of hydrogen-bond acceptors (Lipinski definition) is 1. The number of Topliss-reactive ketones (excluding diaryl/α,β-unsaturated/α-hetero) is 1. The molecule has 4 aliphatic rings. The Bertz CT molecular complexity index is 411. The standard InChI is InChI=1S/C10H16O.C10H18.CH4/c1-9-4-3-5-10(2,7-9)8(11)6-9;1-9-5-3-7-10(9,2)8-4-6-9;/h3-7H2,1-2H3;3-8H2,1-2H3;1H4. The Morgan fingerprint density at radius 2 is 1.18 bits per heavy atom. The van der Waals surface area contributed by atoms with E-state index in [1.54, 1.807) is 0 Å². The molecule has 0 aromatic heterocycles. The Balaban J connectivity index is 0.000000154. The highest BCUT2D eigenvalue weighted by atomic mass is 16.1. The third kappa shape index (κ3) is 2.78. The van der Waals surface area contributed by atoms with Gasteiger partial charge >= 0.3 is 0 Å². The van der Waals surface area contributed by atoms with Crippen LogP contribution in [-0.2, 0) is 4.79 Å². The number of ketones is 1. The first-order valence-corrected chi connectivity index (χ1v) is 9.24. The van der Waals surface area contributed by atoms with Gasteiger partial charge in [-0.1, -0.05) is 54.4 Å². The van der Waals surface area contributed by atoms with Crippen molar-refractivity contribution in [3.05, 3.63) is 0 Å². The Morgan fingerprint density at radius 1 is 0.727 bits per heavy atom. The van der Waals surface area contributed by atoms with Gasteiger partial charge in [-0.05, 0) is 61.2 Å². The van der Waals surface area contributed by atoms with Crippen LogP contribution in [0.15, 0.2) is 0 Å². The SMILES string of the molecule is C.CC12CCCC(C)(C1)C(=O)C2.CC12CCCC1(C)CCC2. The van der Waals surface area contributed by atoms with Crippen molar-refractivity contribution in [2.75, 3.05) is 0 Å². The van der Waals surface area contributed by atoms with Crippen molar-refractivity contribution in [2.24, 2.45) is 21.7 Å². The normalized spacial score (nSPS) is 49.2. The lowest BCUT2D eigenvalue weighted by molar-refractivity contribution is -0.125. The van der Waals surface area contributed by atoms with E-state index >= 15 is 0 Å². The maximum Gasteiger partial charge on any atom is 0.139 e. The van der Waals surface area contributed by atoms with Gasteiger partial charge in [0.1, 0.15) is 5.78 Å². The third-order valence-electron chi connectivity index (χ3n) is 7.96. The highest BCUT2D eigenvalue weighted by molar-refractivity contribution is 5.87. The van der Waals surface area contributed by atoms with E-state index in [0.717, 1.165) is 30.1 Å². The molecule has 0 aliphatic heterocycles. The molecule has 0 amide bonds. The van der Waals surface area contributed by atoms with Crippen LogP contribution in [0.4, 0.5) is 0 Å². The van der Waals surface area contributed by atoms with Crippen LogP contribution in [0.25, 0.3) is 0 Å². The minimum absolute atomic E-state index is 0. The van der Waals surface area contributed by atoms with E-state index in [0.29, 0.717) is 11.2 Å². The van der Waals surface area contributed by atoms with Gasteiger partial charge in [0.15, 0.2) is 0 Å². The molecule has 4 fully saturated rings. The van der Waals surface area contributed by atoms with Gasteiger partial charge in [0.25, 0.3) is 0 Å². The first-order valence-electron chi connectivity index (χ1n) is 9.24. The zero-order chi connectivity index (χ0) is 15.4. The number of rotatable bonds is 0. The molecule has 4 saturated carbocycles. The lowest BCUT2D eigenvalue weighted by atomic mass is 9.71. The van der Waals surface area contributed by atoms with Crippen LogP contribution in [0.5, 0.6) is 0 Å². The van der Waals surface area contributed by atoms with E-state index < -0.39 is 0 Å². The Kier molecular flexibility index (Phi) is 4.62. The van der Waals surface area contributed by atoms with Crippen LogP contribution in [0.2, 0.25) is 0 Å². The first kappa shape index (κ1) is 18.0. The summed E-state index contributed by atoms with van der Waals surface area (Å²) in [6.07, 6.45) is 14.7. The molecule has 0 N–H and O–H groups in total. The molecule has 0 spiro atoms. The fourth-order valence-corrected chi connectivity index (χ4v) is 6.21. The second-order valence-electron chi connectivity index (χ2n) is 9.83. The smallest absolute Gasteiger partial charge is 0.139 e. The van der Waals surface area contributed by atoms with Gasteiger partial charge in [-0.25, -0.2) is 0 Å². The molecule has 22 heavy (non-hydrogen) atoms. The van der Waals surface area contributed by atoms with E-state index in [-0.39, 0.29) is 12.8 Å². The van der Waals surface area contributed by atoms with Crippen LogP contribution in [0.3, 0.4) is 0 Å². The third-order valence-corrected chi connectivity index (χ3v) is 7.96. The van der Waals surface area contributed by atoms with Crippen LogP contribution in [0.1, 0.15) is 106 Å². The topological polar surface area (TPSA) is 17.1 Å². The highest BCUT2D eigenvalue weighted by Gasteiger charge is 2.52. The maximum atomic E-state index is 11.6. The summed E-state index contributed by atoms with van der Waals surface area (Å²) in [6.45, 7) is 9.44. The maximum absolute atomic E-state index is 11.6. The molecular weight excluding hydrogens is 268 g/mol. The number of carbonyl (C=O) groups is 1. The summed E-state index contributed by atoms with van der Waals surface area (Å²) in [5.41, 5.74) is 1.94. The summed E-state index contributed by atoms with van der Waals surface area (Å²) in [7, 11) is 0. The van der Waals surface area contributed by atoms with E-state index in [9.17, 15) is 4.79 Å². The zero-order valence-electron chi connectivity index (χ0n) is 14.7. The first-order chi connectivity index (χ1) is 9.71. The molecule has 0 saturated heterocycles. The second-order valence-corrected chi connectivity index (χ2v) is 9.83. The van der Waals surface area contributed by atoms with Crippen molar-refractivity contribution in [2.45, 2.75) is 106 Å². The Hall–Kier alpha value is -0.330. The van der Waals surface area contributed by atoms with Gasteiger partial charge in [-0.2, -0.15) is 0 Å². The summed E-state index contributed by atoms with van der Waals surface area (Å²) >= 11 is 0. The number of fused-ring (bicyclic) bond motifs is 3. The largest absolute Gasteiger partial charge is 0.299 e. The van der Waals surface area contributed by atoms with Gasteiger partial charge in [-0.3, -0.25) is 4.79 Å². The molecule has 1 nitrogen and oxygen atoms in total. The molecule has 4 aliphatic carbocycles. The molecule has 0 aromatic carbocycles. The molecule has 0 radical (unpaired) electrons. The van der Waals surface area contributed by atoms with Crippen molar-refractivity contribution < 1.29 is 4.79 Å². The van der Waals surface area contributed by atoms with Crippen LogP contribution >= 0.6 is 0 Å². The fraction of sp³-hybridized carbons (Fsp3) is 0.952. The number of hydrogen-bond donors (Lipinski definition) is 0. The quantitative estimate of drug-likeness (QED) is 0.496. The minimum Gasteiger partial charge on any atom is -0.299 e. The predicted molar refractivity (Wildman–Crippen MR) is 95.0 cm³/mol. The van der Waals surface area contributed by atoms with Gasteiger partial charge in [0, 0.05) is 11.8 Å². The lowest BCUT2D eigenvalue weighted by Gasteiger charge is -2.34. The molecular formula is C21H38O. The molecule has 4 rings (SSSR count). The lowest BCUT2D eigenvalue weighted by Crippen LogP contribution is -2.25. The average Bonchev–Trinajstić information content (AvgIpc) is 2.85. The van der Waals surface area contributed by atoms with E-state index in [2.05, 4.69) is 27.7 Å². The molecule has 128 valence electrons. The minimum atomic E-state index is 0. The van der Waals surface area contributed by atoms with Crippen molar-refractivity contribution in [1.29, 1.82) is 0 Å². The molecule has 0 heterocycles. The molecule has 0 aromatic rings. The highest BCUT2D eigenvalue weighted by Crippen LogP contribution is 2.62. The monoisotopic (exact) mass is 306 g/mol. The molecule has 2 unspecified atom stereocenters. The molecule has 1 heteroatoms. The van der Waals surface area contributed by atoms with Gasteiger partial charge in [0.2, 0.25) is 0 Å². The van der Waals surface area contributed by atoms with Crippen molar-refractivity contribution in [1.82, 2.24) is 0 Å². The van der Waals surface area contributed by atoms with E-state index in [4.69, 9.17) is 0 Å². The van der Waals surface area contributed by atoms with E-state index in [1.165, 1.54) is 51.4 Å². The fourth-order valence-electron chi connectivity index (χ4n) is 6.21. The Labute approximate surface area is 138 Å². The predicted octanol–water partition coefficient (Wildman–Crippen LogP) is 6.55. The summed E-state index contributed by atoms with van der Waals surface area (Å²) in [5, 5.41) is 0. The van der Waals surface area contributed by atoms with Crippen LogP contribution in [0, 0.1) is 21.7 Å². The molecule has 2 bridgehead atoms. The second kappa shape index (κ2) is 5.64. The van der Waals surface area contributed by atoms with Crippen LogP contribution in [-0.4, -0.2) is 5.78 Å². The van der Waals surface area contributed by atoms with Gasteiger partial charge < -0.3 is 0 Å². The summed E-state index contributed by atoms with van der Waals surface area (Å²) in [4.78, 5) is 11.6. The summed E-state index contributed by atoms with van der Waals surface area (Å²) in [6, 6.07) is 0. The van der Waals surface area contributed by atoms with Gasteiger partial charge in [0.05, 0.1) is 0 Å². The van der Waals surface area contributed by atoms with Crippen molar-refractivity contribution in [3.63, 3.8) is 0 Å². The van der Waals surface area contributed by atoms with Crippen LogP contribution < -0.4 is 0 Å². The van der Waals surface area contributed by atoms with Gasteiger partial charge in [-0.15, -0.1) is 0 Å². The average molecular weight is 307 g/mol. The number of carbonyl (C=O) groups excluding carboxylic acids is 1. The Morgan fingerprint density at radius 3 is 1.59 bits per heavy atom. The van der Waals surface area contributed by atoms with Crippen molar-refractivity contribution in [3.8, 4) is 0 Å². The van der Waals surface area contributed by atoms with Crippen molar-refractivity contribution >= 4 is 5.78 Å². The summed E-state index contributed by atoms with van der Waals surface area (Å²) in [5.74, 6) is 0.525. The zero-order valence-corrected chi connectivity index (χ0v) is 14.7. The van der Waals surface area contributed by atoms with E-state index in [1.807, 2.05) is 0 Å². The summed E-state index contributed by atoms with van der Waals surface area (Å²) < 4.78 is 0.